The van der Waals surface area contributed by atoms with Crippen LogP contribution >= 0.6 is 11.6 Å². The number of sulfonamides is 1. The summed E-state index contributed by atoms with van der Waals surface area (Å²) in [6.07, 6.45) is 0. The van der Waals surface area contributed by atoms with Gasteiger partial charge in [-0.2, -0.15) is 0 Å². The Bertz CT molecular complexity index is 741. The van der Waals surface area contributed by atoms with E-state index >= 15 is 0 Å². The normalized spacial score (nSPS) is 11.3. The quantitative estimate of drug-likeness (QED) is 0.854. The first-order chi connectivity index (χ1) is 9.29. The summed E-state index contributed by atoms with van der Waals surface area (Å²) in [6.45, 7) is 3.70. The minimum absolute atomic E-state index is 0.153. The van der Waals surface area contributed by atoms with Gasteiger partial charge < -0.3 is 5.73 Å². The maximum atomic E-state index is 12.3. The maximum absolute atomic E-state index is 12.3. The fourth-order valence-electron chi connectivity index (χ4n) is 1.80. The van der Waals surface area contributed by atoms with Gasteiger partial charge in [0.15, 0.2) is 0 Å². The van der Waals surface area contributed by atoms with Crippen molar-refractivity contribution in [1.82, 2.24) is 0 Å². The molecule has 0 radical (unpaired) electrons. The number of anilines is 2. The van der Waals surface area contributed by atoms with E-state index in [1.165, 1.54) is 24.3 Å². The lowest BCUT2D eigenvalue weighted by molar-refractivity contribution is 0.601. The average Bonchev–Trinajstić information content (AvgIpc) is 2.36. The van der Waals surface area contributed by atoms with E-state index in [1.54, 1.807) is 6.07 Å². The van der Waals surface area contributed by atoms with Crippen LogP contribution in [0.2, 0.25) is 5.02 Å². The zero-order valence-corrected chi connectivity index (χ0v) is 12.7. The first-order valence-electron chi connectivity index (χ1n) is 5.95. The molecule has 0 aromatic heterocycles. The molecule has 4 nitrogen and oxygen atoms in total. The number of nitrogens with two attached hydrogens (primary N) is 1. The van der Waals surface area contributed by atoms with Crippen molar-refractivity contribution in [2.45, 2.75) is 18.7 Å². The fourth-order valence-corrected chi connectivity index (χ4v) is 3.04. The molecule has 0 fully saturated rings. The van der Waals surface area contributed by atoms with E-state index < -0.39 is 10.0 Å². The maximum Gasteiger partial charge on any atom is 0.261 e. The Morgan fingerprint density at radius 3 is 2.25 bits per heavy atom. The van der Waals surface area contributed by atoms with Crippen molar-refractivity contribution in [3.8, 4) is 0 Å². The molecule has 0 aliphatic heterocycles. The largest absolute Gasteiger partial charge is 0.398 e. The zero-order valence-electron chi connectivity index (χ0n) is 11.1. The highest BCUT2D eigenvalue weighted by Crippen LogP contribution is 2.25. The van der Waals surface area contributed by atoms with E-state index in [-0.39, 0.29) is 4.90 Å². The number of rotatable bonds is 3. The molecule has 0 bridgehead atoms. The number of nitrogen functional groups attached to an aromatic ring is 1. The summed E-state index contributed by atoms with van der Waals surface area (Å²) in [5.41, 5.74) is 8.56. The number of hydrogen-bond acceptors (Lipinski definition) is 3. The third-order valence-corrected chi connectivity index (χ3v) is 4.61. The number of halogens is 1. The van der Waals surface area contributed by atoms with Crippen LogP contribution < -0.4 is 10.5 Å². The summed E-state index contributed by atoms with van der Waals surface area (Å²) in [5.74, 6) is 0. The lowest BCUT2D eigenvalue weighted by Gasteiger charge is -2.12. The van der Waals surface area contributed by atoms with Crippen molar-refractivity contribution in [2.75, 3.05) is 10.5 Å². The molecule has 2 aromatic carbocycles. The Morgan fingerprint density at radius 1 is 1.05 bits per heavy atom. The van der Waals surface area contributed by atoms with Gasteiger partial charge in [0, 0.05) is 10.7 Å². The van der Waals surface area contributed by atoms with Crippen molar-refractivity contribution in [3.63, 3.8) is 0 Å². The second-order valence-corrected chi connectivity index (χ2v) is 6.70. The van der Waals surface area contributed by atoms with Crippen LogP contribution in [0.3, 0.4) is 0 Å². The summed E-state index contributed by atoms with van der Waals surface area (Å²) >= 11 is 5.75. The second kappa shape index (κ2) is 5.34. The molecule has 0 aliphatic carbocycles. The lowest BCUT2D eigenvalue weighted by Crippen LogP contribution is -2.14. The van der Waals surface area contributed by atoms with Gasteiger partial charge >= 0.3 is 0 Å². The molecular formula is C14H15ClN2O2S. The Balaban J connectivity index is 2.38. The van der Waals surface area contributed by atoms with Gasteiger partial charge in [-0.3, -0.25) is 4.72 Å². The third-order valence-electron chi connectivity index (χ3n) is 2.98. The standard InChI is InChI=1S/C14H15ClN2O2S/c1-9-7-10(2)14(8-13(9)16)17-20(18,19)12-5-3-11(15)4-6-12/h3-8,17H,16H2,1-2H3. The van der Waals surface area contributed by atoms with E-state index in [0.717, 1.165) is 11.1 Å². The molecule has 0 unspecified atom stereocenters. The monoisotopic (exact) mass is 310 g/mol. The van der Waals surface area contributed by atoms with Crippen LogP contribution in [0.15, 0.2) is 41.3 Å². The molecule has 0 atom stereocenters. The van der Waals surface area contributed by atoms with Crippen molar-refractivity contribution in [3.05, 3.63) is 52.5 Å². The van der Waals surface area contributed by atoms with Gasteiger partial charge in [0.25, 0.3) is 10.0 Å². The van der Waals surface area contributed by atoms with E-state index in [2.05, 4.69) is 4.72 Å². The van der Waals surface area contributed by atoms with Crippen LogP contribution in [0.4, 0.5) is 11.4 Å². The molecule has 20 heavy (non-hydrogen) atoms. The minimum atomic E-state index is -3.65. The van der Waals surface area contributed by atoms with Crippen molar-refractivity contribution in [2.24, 2.45) is 0 Å². The molecule has 0 amide bonds. The molecule has 2 rings (SSSR count). The molecule has 0 saturated heterocycles. The second-order valence-electron chi connectivity index (χ2n) is 4.58. The van der Waals surface area contributed by atoms with Crippen molar-refractivity contribution in [1.29, 1.82) is 0 Å². The van der Waals surface area contributed by atoms with Gasteiger partial charge in [-0.25, -0.2) is 8.42 Å². The van der Waals surface area contributed by atoms with E-state index in [9.17, 15) is 8.42 Å². The third kappa shape index (κ3) is 3.05. The van der Waals surface area contributed by atoms with E-state index in [4.69, 9.17) is 17.3 Å². The number of benzene rings is 2. The summed E-state index contributed by atoms with van der Waals surface area (Å²) < 4.78 is 27.1. The Labute approximate surface area is 123 Å². The number of hydrogen-bond donors (Lipinski definition) is 2. The summed E-state index contributed by atoms with van der Waals surface area (Å²) in [7, 11) is -3.65. The SMILES string of the molecule is Cc1cc(C)c(NS(=O)(=O)c2ccc(Cl)cc2)cc1N. The van der Waals surface area contributed by atoms with Gasteiger partial charge in [-0.05, 0) is 55.3 Å². The summed E-state index contributed by atoms with van der Waals surface area (Å²) in [4.78, 5) is 0.153. The van der Waals surface area contributed by atoms with Crippen LogP contribution in [0.5, 0.6) is 0 Å². The van der Waals surface area contributed by atoms with Gasteiger partial charge in [-0.15, -0.1) is 0 Å². The van der Waals surface area contributed by atoms with Gasteiger partial charge in [0.2, 0.25) is 0 Å². The molecule has 106 valence electrons. The molecule has 0 heterocycles. The highest BCUT2D eigenvalue weighted by atomic mass is 35.5. The Hall–Kier alpha value is -1.72. The molecule has 0 aliphatic rings. The molecular weight excluding hydrogens is 296 g/mol. The van der Waals surface area contributed by atoms with Gasteiger partial charge in [0.05, 0.1) is 10.6 Å². The lowest BCUT2D eigenvalue weighted by atomic mass is 10.1. The Morgan fingerprint density at radius 2 is 1.65 bits per heavy atom. The average molecular weight is 311 g/mol. The predicted octanol–water partition coefficient (Wildman–Crippen LogP) is 3.34. The van der Waals surface area contributed by atoms with Crippen LogP contribution in [-0.2, 0) is 10.0 Å². The van der Waals surface area contributed by atoms with Gasteiger partial charge in [0.1, 0.15) is 0 Å². The fraction of sp³-hybridized carbons (Fsp3) is 0.143. The topological polar surface area (TPSA) is 72.2 Å². The number of aryl methyl sites for hydroxylation is 2. The van der Waals surface area contributed by atoms with Crippen LogP contribution in [0.1, 0.15) is 11.1 Å². The van der Waals surface area contributed by atoms with Crippen LogP contribution in [0, 0.1) is 13.8 Å². The smallest absolute Gasteiger partial charge is 0.261 e. The van der Waals surface area contributed by atoms with Crippen molar-refractivity contribution < 1.29 is 8.42 Å². The summed E-state index contributed by atoms with van der Waals surface area (Å²) in [6, 6.07) is 9.45. The highest BCUT2D eigenvalue weighted by molar-refractivity contribution is 7.92. The number of nitrogens with one attached hydrogen (secondary N) is 1. The predicted molar refractivity (Wildman–Crippen MR) is 82.6 cm³/mol. The molecule has 0 saturated carbocycles. The Kier molecular flexibility index (Phi) is 3.92. The minimum Gasteiger partial charge on any atom is -0.398 e. The van der Waals surface area contributed by atoms with Crippen LogP contribution in [-0.4, -0.2) is 8.42 Å². The first-order valence-corrected chi connectivity index (χ1v) is 7.81. The molecule has 0 spiro atoms. The van der Waals surface area contributed by atoms with Crippen LogP contribution in [0.25, 0.3) is 0 Å². The first kappa shape index (κ1) is 14.7. The van der Waals surface area contributed by atoms with Gasteiger partial charge in [-0.1, -0.05) is 17.7 Å². The molecule has 3 N–H and O–H groups in total. The van der Waals surface area contributed by atoms with E-state index in [1.807, 2.05) is 19.9 Å². The zero-order chi connectivity index (χ0) is 14.9. The molecule has 2 aromatic rings. The van der Waals surface area contributed by atoms with Crippen molar-refractivity contribution >= 4 is 33.0 Å². The summed E-state index contributed by atoms with van der Waals surface area (Å²) in [5, 5.41) is 0.486. The molecule has 6 heteroatoms. The van der Waals surface area contributed by atoms with E-state index in [0.29, 0.717) is 16.4 Å². The highest BCUT2D eigenvalue weighted by Gasteiger charge is 2.15.